The summed E-state index contributed by atoms with van der Waals surface area (Å²) in [4.78, 5) is 2.22. The summed E-state index contributed by atoms with van der Waals surface area (Å²) in [7, 11) is 3.81. The van der Waals surface area contributed by atoms with Gasteiger partial charge in [-0.1, -0.05) is 25.1 Å². The number of para-hydroxylation sites is 1. The maximum atomic E-state index is 6.02. The van der Waals surface area contributed by atoms with E-state index in [1.165, 1.54) is 10.9 Å². The molecule has 2 aromatic rings. The van der Waals surface area contributed by atoms with Crippen LogP contribution in [0.5, 0.6) is 0 Å². The minimum absolute atomic E-state index is 0.735. The van der Waals surface area contributed by atoms with Crippen LogP contribution in [-0.2, 0) is 17.8 Å². The lowest BCUT2D eigenvalue weighted by Crippen LogP contribution is -2.23. The molecule has 4 nitrogen and oxygen atoms in total. The fraction of sp³-hybridized carbons (Fsp3) is 0.500. The average molecular weight is 276 g/mol. The third-order valence-corrected chi connectivity index (χ3v) is 3.42. The minimum atomic E-state index is 0.735. The summed E-state index contributed by atoms with van der Waals surface area (Å²) >= 11 is 0. The second-order valence-corrected chi connectivity index (χ2v) is 5.01. The molecule has 0 unspecified atom stereocenters. The van der Waals surface area contributed by atoms with E-state index in [1.807, 2.05) is 12.1 Å². The second-order valence-electron chi connectivity index (χ2n) is 5.01. The third-order valence-electron chi connectivity index (χ3n) is 3.42. The van der Waals surface area contributed by atoms with Crippen molar-refractivity contribution < 1.29 is 9.15 Å². The molecule has 0 bridgehead atoms. The van der Waals surface area contributed by atoms with Crippen molar-refractivity contribution in [2.75, 3.05) is 33.9 Å². The predicted octanol–water partition coefficient (Wildman–Crippen LogP) is 2.62. The number of nitrogens with one attached hydrogen (secondary N) is 1. The van der Waals surface area contributed by atoms with Crippen LogP contribution >= 0.6 is 0 Å². The maximum absolute atomic E-state index is 6.02. The highest BCUT2D eigenvalue weighted by Gasteiger charge is 2.14. The van der Waals surface area contributed by atoms with E-state index in [2.05, 4.69) is 36.3 Å². The van der Waals surface area contributed by atoms with Crippen molar-refractivity contribution in [2.24, 2.45) is 0 Å². The summed E-state index contributed by atoms with van der Waals surface area (Å²) in [5.41, 5.74) is 2.24. The first-order valence-corrected chi connectivity index (χ1v) is 7.13. The van der Waals surface area contributed by atoms with Gasteiger partial charge in [0.15, 0.2) is 0 Å². The van der Waals surface area contributed by atoms with Crippen molar-refractivity contribution in [3.8, 4) is 0 Å². The standard InChI is InChI=1S/C16H24N2O2/c1-4-17-11-14-13-7-5-6-8-15(13)20-16(14)12-18(2)9-10-19-3/h5-8,17H,4,9-12H2,1-3H3. The van der Waals surface area contributed by atoms with Crippen LogP contribution in [0.4, 0.5) is 0 Å². The Hall–Kier alpha value is -1.36. The summed E-state index contributed by atoms with van der Waals surface area (Å²) < 4.78 is 11.1. The Kier molecular flexibility index (Phi) is 5.59. The molecule has 1 aromatic heterocycles. The van der Waals surface area contributed by atoms with Crippen molar-refractivity contribution >= 4 is 11.0 Å². The fourth-order valence-corrected chi connectivity index (χ4v) is 2.29. The van der Waals surface area contributed by atoms with Gasteiger partial charge in [0.05, 0.1) is 13.2 Å². The molecule has 0 saturated carbocycles. The molecule has 110 valence electrons. The minimum Gasteiger partial charge on any atom is -0.459 e. The number of benzene rings is 1. The van der Waals surface area contributed by atoms with Crippen LogP contribution in [0.3, 0.4) is 0 Å². The molecule has 0 aliphatic carbocycles. The first-order chi connectivity index (χ1) is 9.76. The molecule has 4 heteroatoms. The van der Waals surface area contributed by atoms with Crippen molar-refractivity contribution in [1.29, 1.82) is 0 Å². The van der Waals surface area contributed by atoms with E-state index in [0.717, 1.165) is 44.1 Å². The van der Waals surface area contributed by atoms with Gasteiger partial charge in [-0.05, 0) is 19.7 Å². The van der Waals surface area contributed by atoms with Crippen molar-refractivity contribution in [3.63, 3.8) is 0 Å². The van der Waals surface area contributed by atoms with Gasteiger partial charge >= 0.3 is 0 Å². The lowest BCUT2D eigenvalue weighted by atomic mass is 10.1. The smallest absolute Gasteiger partial charge is 0.134 e. The lowest BCUT2D eigenvalue weighted by Gasteiger charge is -2.15. The molecule has 1 N–H and O–H groups in total. The van der Waals surface area contributed by atoms with Gasteiger partial charge in [0.1, 0.15) is 11.3 Å². The van der Waals surface area contributed by atoms with Gasteiger partial charge in [0.25, 0.3) is 0 Å². The van der Waals surface area contributed by atoms with Crippen LogP contribution in [0, 0.1) is 0 Å². The number of furan rings is 1. The van der Waals surface area contributed by atoms with Crippen LogP contribution in [0.2, 0.25) is 0 Å². The van der Waals surface area contributed by atoms with Crippen LogP contribution < -0.4 is 5.32 Å². The van der Waals surface area contributed by atoms with E-state index < -0.39 is 0 Å². The lowest BCUT2D eigenvalue weighted by molar-refractivity contribution is 0.155. The van der Waals surface area contributed by atoms with Crippen LogP contribution in [0.15, 0.2) is 28.7 Å². The van der Waals surface area contributed by atoms with Crippen LogP contribution in [-0.4, -0.2) is 38.8 Å². The van der Waals surface area contributed by atoms with Gasteiger partial charge < -0.3 is 14.5 Å². The largest absolute Gasteiger partial charge is 0.459 e. The number of hydrogen-bond donors (Lipinski definition) is 1. The van der Waals surface area contributed by atoms with Crippen LogP contribution in [0.25, 0.3) is 11.0 Å². The molecule has 1 aromatic carbocycles. The zero-order chi connectivity index (χ0) is 14.4. The zero-order valence-corrected chi connectivity index (χ0v) is 12.6. The number of ether oxygens (including phenoxy) is 1. The van der Waals surface area contributed by atoms with Gasteiger partial charge in [-0.25, -0.2) is 0 Å². The Bertz CT molecular complexity index is 536. The van der Waals surface area contributed by atoms with Gasteiger partial charge in [0, 0.05) is 31.1 Å². The molecule has 2 rings (SSSR count). The van der Waals surface area contributed by atoms with Crippen molar-refractivity contribution in [2.45, 2.75) is 20.0 Å². The Balaban J connectivity index is 2.21. The number of rotatable bonds is 8. The highest BCUT2D eigenvalue weighted by Crippen LogP contribution is 2.26. The number of likely N-dealkylation sites (N-methyl/N-ethyl adjacent to an activating group) is 1. The zero-order valence-electron chi connectivity index (χ0n) is 12.6. The molecule has 0 aliphatic heterocycles. The van der Waals surface area contributed by atoms with E-state index in [0.29, 0.717) is 0 Å². The highest BCUT2D eigenvalue weighted by atomic mass is 16.5. The maximum Gasteiger partial charge on any atom is 0.134 e. The Morgan fingerprint density at radius 2 is 2.10 bits per heavy atom. The summed E-state index contributed by atoms with van der Waals surface area (Å²) in [6.07, 6.45) is 0. The predicted molar refractivity (Wildman–Crippen MR) is 81.8 cm³/mol. The van der Waals surface area contributed by atoms with Crippen molar-refractivity contribution in [3.05, 3.63) is 35.6 Å². The first kappa shape index (κ1) is 15.0. The summed E-state index contributed by atoms with van der Waals surface area (Å²) in [6, 6.07) is 8.24. The normalized spacial score (nSPS) is 11.6. The van der Waals surface area contributed by atoms with Crippen LogP contribution in [0.1, 0.15) is 18.2 Å². The van der Waals surface area contributed by atoms with Gasteiger partial charge in [0.2, 0.25) is 0 Å². The molecule has 0 amide bonds. The SMILES string of the molecule is CCNCc1c(CN(C)CCOC)oc2ccccc12. The molecule has 0 atom stereocenters. The fourth-order valence-electron chi connectivity index (χ4n) is 2.29. The number of methoxy groups -OCH3 is 1. The van der Waals surface area contributed by atoms with Crippen molar-refractivity contribution in [1.82, 2.24) is 10.2 Å². The topological polar surface area (TPSA) is 37.6 Å². The van der Waals surface area contributed by atoms with E-state index in [4.69, 9.17) is 9.15 Å². The Morgan fingerprint density at radius 1 is 1.30 bits per heavy atom. The molecule has 0 spiro atoms. The number of fused-ring (bicyclic) bond motifs is 1. The average Bonchev–Trinajstić information content (AvgIpc) is 2.80. The Morgan fingerprint density at radius 3 is 2.85 bits per heavy atom. The molecule has 1 heterocycles. The van der Waals surface area contributed by atoms with Gasteiger partial charge in [-0.15, -0.1) is 0 Å². The molecular formula is C16H24N2O2. The van der Waals surface area contributed by atoms with E-state index in [1.54, 1.807) is 7.11 Å². The first-order valence-electron chi connectivity index (χ1n) is 7.13. The van der Waals surface area contributed by atoms with E-state index >= 15 is 0 Å². The highest BCUT2D eigenvalue weighted by molar-refractivity contribution is 5.82. The molecule has 0 fully saturated rings. The molecular weight excluding hydrogens is 252 g/mol. The summed E-state index contributed by atoms with van der Waals surface area (Å²) in [5.74, 6) is 1.05. The third kappa shape index (κ3) is 3.60. The Labute approximate surface area is 120 Å². The molecule has 0 radical (unpaired) electrons. The molecule has 20 heavy (non-hydrogen) atoms. The quantitative estimate of drug-likeness (QED) is 0.804. The van der Waals surface area contributed by atoms with Gasteiger partial charge in [-0.3, -0.25) is 4.90 Å². The molecule has 0 saturated heterocycles. The monoisotopic (exact) mass is 276 g/mol. The number of nitrogens with zero attached hydrogens (tertiary/aromatic N) is 1. The summed E-state index contributed by atoms with van der Waals surface area (Å²) in [5, 5.41) is 4.61. The van der Waals surface area contributed by atoms with Gasteiger partial charge in [-0.2, -0.15) is 0 Å². The summed E-state index contributed by atoms with van der Waals surface area (Å²) in [6.45, 7) is 6.36. The number of hydrogen-bond acceptors (Lipinski definition) is 4. The van der Waals surface area contributed by atoms with E-state index in [-0.39, 0.29) is 0 Å². The second kappa shape index (κ2) is 7.43. The van der Waals surface area contributed by atoms with E-state index in [9.17, 15) is 0 Å². The molecule has 0 aliphatic rings.